The van der Waals surface area contributed by atoms with Crippen molar-refractivity contribution in [3.63, 3.8) is 0 Å². The number of hydrogen-bond donors (Lipinski definition) is 2. The van der Waals surface area contributed by atoms with E-state index in [-0.39, 0.29) is 16.7 Å². The third-order valence-corrected chi connectivity index (χ3v) is 6.73. The molecule has 0 radical (unpaired) electrons. The second-order valence-electron chi connectivity index (χ2n) is 6.10. The molecule has 4 rings (SSSR count). The number of carbonyl (C=O) groups is 1. The minimum absolute atomic E-state index is 0.0775. The Balaban J connectivity index is 1.46. The monoisotopic (exact) mass is 412 g/mol. The minimum atomic E-state index is -3.72. The van der Waals surface area contributed by atoms with E-state index in [1.165, 1.54) is 6.07 Å². The number of nitrogens with two attached hydrogens (primary N) is 1. The van der Waals surface area contributed by atoms with Gasteiger partial charge in [0.05, 0.1) is 17.6 Å². The number of nitrogens with one attached hydrogen (secondary N) is 1. The fourth-order valence-corrected chi connectivity index (χ4v) is 4.53. The smallest absolute Gasteiger partial charge is 0.251 e. The SMILES string of the molecule is NS(=O)(=O)c1ccc(CNC(=O)c2ccc(-n3cnc4ccccc43)cc2)s1. The first-order valence-corrected chi connectivity index (χ1v) is 10.7. The minimum Gasteiger partial charge on any atom is -0.347 e. The van der Waals surface area contributed by atoms with Crippen LogP contribution in [-0.2, 0) is 16.6 Å². The number of primary sulfonamides is 1. The summed E-state index contributed by atoms with van der Waals surface area (Å²) in [5.41, 5.74) is 3.31. The number of thiophene rings is 1. The molecule has 4 aromatic rings. The van der Waals surface area contributed by atoms with Crippen molar-refractivity contribution in [1.82, 2.24) is 14.9 Å². The number of fused-ring (bicyclic) bond motifs is 1. The molecule has 2 aromatic heterocycles. The van der Waals surface area contributed by atoms with Gasteiger partial charge in [-0.2, -0.15) is 0 Å². The summed E-state index contributed by atoms with van der Waals surface area (Å²) in [6, 6.07) is 18.1. The number of nitrogens with zero attached hydrogens (tertiary/aromatic N) is 2. The zero-order valence-corrected chi connectivity index (χ0v) is 16.2. The van der Waals surface area contributed by atoms with Gasteiger partial charge < -0.3 is 5.32 Å². The lowest BCUT2D eigenvalue weighted by Crippen LogP contribution is -2.22. The van der Waals surface area contributed by atoms with Crippen molar-refractivity contribution in [2.75, 3.05) is 0 Å². The highest BCUT2D eigenvalue weighted by Crippen LogP contribution is 2.21. The van der Waals surface area contributed by atoms with Gasteiger partial charge in [0, 0.05) is 16.1 Å². The van der Waals surface area contributed by atoms with E-state index >= 15 is 0 Å². The first-order valence-electron chi connectivity index (χ1n) is 8.34. The Hall–Kier alpha value is -3.01. The third kappa shape index (κ3) is 3.68. The number of imidazole rings is 1. The molecule has 7 nitrogen and oxygen atoms in total. The number of benzene rings is 2. The van der Waals surface area contributed by atoms with Crippen LogP contribution >= 0.6 is 11.3 Å². The first kappa shape index (κ1) is 18.4. The third-order valence-electron chi connectivity index (χ3n) is 4.20. The molecule has 9 heteroatoms. The van der Waals surface area contributed by atoms with Gasteiger partial charge in [0.15, 0.2) is 0 Å². The Morgan fingerprint density at radius 2 is 1.82 bits per heavy atom. The number of carbonyl (C=O) groups excluding carboxylic acids is 1. The summed E-state index contributed by atoms with van der Waals surface area (Å²) in [6.45, 7) is 0.229. The van der Waals surface area contributed by atoms with Gasteiger partial charge in [-0.25, -0.2) is 18.5 Å². The fourth-order valence-electron chi connectivity index (χ4n) is 2.81. The number of amides is 1. The molecule has 0 aliphatic heterocycles. The molecule has 0 atom stereocenters. The summed E-state index contributed by atoms with van der Waals surface area (Å²) < 4.78 is 24.7. The first-order chi connectivity index (χ1) is 13.4. The van der Waals surface area contributed by atoms with Crippen molar-refractivity contribution < 1.29 is 13.2 Å². The van der Waals surface area contributed by atoms with Crippen LogP contribution in [0.3, 0.4) is 0 Å². The number of rotatable bonds is 5. The highest BCUT2D eigenvalue weighted by molar-refractivity contribution is 7.91. The van der Waals surface area contributed by atoms with Gasteiger partial charge in [0.1, 0.15) is 10.5 Å². The van der Waals surface area contributed by atoms with Gasteiger partial charge in [-0.3, -0.25) is 9.36 Å². The summed E-state index contributed by atoms with van der Waals surface area (Å²) in [5, 5.41) is 7.88. The summed E-state index contributed by atoms with van der Waals surface area (Å²) in [6.07, 6.45) is 1.75. The quantitative estimate of drug-likeness (QED) is 0.525. The van der Waals surface area contributed by atoms with E-state index < -0.39 is 10.0 Å². The molecule has 2 aromatic carbocycles. The molecule has 0 aliphatic carbocycles. The molecule has 0 aliphatic rings. The maximum absolute atomic E-state index is 12.4. The standard InChI is InChI=1S/C19H16N4O3S2/c20-28(25,26)18-10-9-15(27-18)11-21-19(24)13-5-7-14(8-6-13)23-12-22-16-3-1-2-4-17(16)23/h1-10,12H,11H2,(H,21,24)(H2,20,25,26). The number of hydrogen-bond acceptors (Lipinski definition) is 5. The second kappa shape index (κ2) is 7.19. The second-order valence-corrected chi connectivity index (χ2v) is 9.06. The zero-order valence-electron chi connectivity index (χ0n) is 14.6. The van der Waals surface area contributed by atoms with E-state index in [4.69, 9.17) is 5.14 Å². The molecule has 1 amide bonds. The highest BCUT2D eigenvalue weighted by atomic mass is 32.2. The Labute approximate surface area is 165 Å². The van der Waals surface area contributed by atoms with Gasteiger partial charge >= 0.3 is 0 Å². The topological polar surface area (TPSA) is 107 Å². The highest BCUT2D eigenvalue weighted by Gasteiger charge is 2.12. The van der Waals surface area contributed by atoms with Crippen LogP contribution in [-0.4, -0.2) is 23.9 Å². The Morgan fingerprint density at radius 3 is 2.54 bits per heavy atom. The van der Waals surface area contributed by atoms with Crippen molar-refractivity contribution >= 4 is 38.3 Å². The van der Waals surface area contributed by atoms with Gasteiger partial charge in [-0.15, -0.1) is 11.3 Å². The van der Waals surface area contributed by atoms with Crippen LogP contribution in [0.25, 0.3) is 16.7 Å². The molecule has 28 heavy (non-hydrogen) atoms. The molecule has 0 unspecified atom stereocenters. The van der Waals surface area contributed by atoms with E-state index in [0.717, 1.165) is 28.1 Å². The zero-order chi connectivity index (χ0) is 19.7. The van der Waals surface area contributed by atoms with Crippen molar-refractivity contribution in [3.8, 4) is 5.69 Å². The Morgan fingerprint density at radius 1 is 1.07 bits per heavy atom. The average molecular weight is 412 g/mol. The predicted octanol–water partition coefficient (Wildman–Crippen LogP) is 2.66. The van der Waals surface area contributed by atoms with Gasteiger partial charge in [0.2, 0.25) is 10.0 Å². The lowest BCUT2D eigenvalue weighted by Gasteiger charge is -2.07. The summed E-state index contributed by atoms with van der Waals surface area (Å²) >= 11 is 1.04. The molecule has 3 N–H and O–H groups in total. The van der Waals surface area contributed by atoms with Crippen molar-refractivity contribution in [2.24, 2.45) is 5.14 Å². The van der Waals surface area contributed by atoms with Crippen molar-refractivity contribution in [2.45, 2.75) is 10.8 Å². The molecule has 0 saturated heterocycles. The van der Waals surface area contributed by atoms with Crippen LogP contribution in [0.5, 0.6) is 0 Å². The molecular weight excluding hydrogens is 396 g/mol. The number of sulfonamides is 1. The van der Waals surface area contributed by atoms with Gasteiger partial charge in [-0.05, 0) is 48.5 Å². The molecular formula is C19H16N4O3S2. The van der Waals surface area contributed by atoms with E-state index in [2.05, 4.69) is 10.3 Å². The molecule has 2 heterocycles. The van der Waals surface area contributed by atoms with Crippen LogP contribution in [0.15, 0.2) is 71.2 Å². The van der Waals surface area contributed by atoms with Crippen LogP contribution in [0, 0.1) is 0 Å². The molecule has 142 valence electrons. The fraction of sp³-hybridized carbons (Fsp3) is 0.0526. The van der Waals surface area contributed by atoms with Crippen LogP contribution in [0.4, 0.5) is 0 Å². The lowest BCUT2D eigenvalue weighted by atomic mass is 10.2. The number of aromatic nitrogens is 2. The maximum Gasteiger partial charge on any atom is 0.251 e. The van der Waals surface area contributed by atoms with Crippen LogP contribution < -0.4 is 10.5 Å². The molecule has 0 spiro atoms. The Bertz CT molecular complexity index is 1260. The normalized spacial score (nSPS) is 11.6. The molecule has 0 saturated carbocycles. The largest absolute Gasteiger partial charge is 0.347 e. The summed E-state index contributed by atoms with van der Waals surface area (Å²) in [5.74, 6) is -0.243. The maximum atomic E-state index is 12.4. The molecule has 0 bridgehead atoms. The Kier molecular flexibility index (Phi) is 4.71. The van der Waals surface area contributed by atoms with Crippen LogP contribution in [0.2, 0.25) is 0 Å². The van der Waals surface area contributed by atoms with Gasteiger partial charge in [0.25, 0.3) is 5.91 Å². The van der Waals surface area contributed by atoms with Crippen molar-refractivity contribution in [1.29, 1.82) is 0 Å². The summed E-state index contributed by atoms with van der Waals surface area (Å²) in [7, 11) is -3.72. The van der Waals surface area contributed by atoms with E-state index in [0.29, 0.717) is 10.4 Å². The number of para-hydroxylation sites is 2. The summed E-state index contributed by atoms with van der Waals surface area (Å²) in [4.78, 5) is 17.4. The average Bonchev–Trinajstić information content (AvgIpc) is 3.33. The van der Waals surface area contributed by atoms with E-state index in [9.17, 15) is 13.2 Å². The van der Waals surface area contributed by atoms with E-state index in [1.54, 1.807) is 24.5 Å². The molecule has 0 fully saturated rings. The lowest BCUT2D eigenvalue weighted by molar-refractivity contribution is 0.0951. The van der Waals surface area contributed by atoms with Crippen LogP contribution in [0.1, 0.15) is 15.2 Å². The van der Waals surface area contributed by atoms with Crippen molar-refractivity contribution in [3.05, 3.63) is 77.4 Å². The predicted molar refractivity (Wildman–Crippen MR) is 108 cm³/mol. The van der Waals surface area contributed by atoms with Gasteiger partial charge in [-0.1, -0.05) is 12.1 Å². The van der Waals surface area contributed by atoms with E-state index in [1.807, 2.05) is 41.0 Å².